The maximum atomic E-state index is 10.9. The zero-order valence-corrected chi connectivity index (χ0v) is 10.9. The van der Waals surface area contributed by atoms with E-state index in [9.17, 15) is 4.79 Å². The average Bonchev–Trinajstić information content (AvgIpc) is 2.88. The van der Waals surface area contributed by atoms with Crippen LogP contribution in [0.25, 0.3) is 0 Å². The molecule has 2 atom stereocenters. The first-order chi connectivity index (χ1) is 8.18. The van der Waals surface area contributed by atoms with E-state index >= 15 is 0 Å². The molecule has 94 valence electrons. The van der Waals surface area contributed by atoms with Crippen molar-refractivity contribution in [2.45, 2.75) is 32.7 Å². The zero-order chi connectivity index (χ0) is 12.3. The van der Waals surface area contributed by atoms with Crippen LogP contribution in [0.5, 0.6) is 0 Å². The van der Waals surface area contributed by atoms with Crippen LogP contribution in [0.2, 0.25) is 0 Å². The lowest BCUT2D eigenvalue weighted by molar-refractivity contribution is 0.0701. The standard InChI is InChI=1S/C13H19NO2S/c1-9-3-2-4-10(9)7-14-8-11-5-6-17-12(11)13(15)16/h5-6,9-10,14H,2-4,7-8H2,1H3,(H,15,16). The van der Waals surface area contributed by atoms with Gasteiger partial charge in [0.15, 0.2) is 0 Å². The van der Waals surface area contributed by atoms with Crippen molar-refractivity contribution < 1.29 is 9.90 Å². The van der Waals surface area contributed by atoms with Gasteiger partial charge in [-0.05, 0) is 41.8 Å². The highest BCUT2D eigenvalue weighted by atomic mass is 32.1. The normalized spacial score (nSPS) is 24.1. The second kappa shape index (κ2) is 5.65. The fourth-order valence-corrected chi connectivity index (χ4v) is 3.34. The predicted molar refractivity (Wildman–Crippen MR) is 69.5 cm³/mol. The van der Waals surface area contributed by atoms with Gasteiger partial charge in [-0.2, -0.15) is 0 Å². The van der Waals surface area contributed by atoms with E-state index in [4.69, 9.17) is 5.11 Å². The van der Waals surface area contributed by atoms with Crippen molar-refractivity contribution in [1.82, 2.24) is 5.32 Å². The molecule has 1 aromatic rings. The van der Waals surface area contributed by atoms with Crippen LogP contribution < -0.4 is 5.32 Å². The van der Waals surface area contributed by atoms with Crippen LogP contribution in [0.3, 0.4) is 0 Å². The Kier molecular flexibility index (Phi) is 4.18. The number of thiophene rings is 1. The summed E-state index contributed by atoms with van der Waals surface area (Å²) in [7, 11) is 0. The molecule has 17 heavy (non-hydrogen) atoms. The molecule has 2 rings (SSSR count). The smallest absolute Gasteiger partial charge is 0.346 e. The highest BCUT2D eigenvalue weighted by molar-refractivity contribution is 7.12. The van der Waals surface area contributed by atoms with Crippen molar-refractivity contribution in [3.05, 3.63) is 21.9 Å². The van der Waals surface area contributed by atoms with E-state index in [1.807, 2.05) is 11.4 Å². The lowest BCUT2D eigenvalue weighted by Crippen LogP contribution is -2.24. The number of rotatable bonds is 5. The van der Waals surface area contributed by atoms with Crippen LogP contribution in [0.1, 0.15) is 41.4 Å². The Bertz CT molecular complexity index is 389. The summed E-state index contributed by atoms with van der Waals surface area (Å²) in [6, 6.07) is 1.90. The van der Waals surface area contributed by atoms with Gasteiger partial charge in [0, 0.05) is 6.54 Å². The summed E-state index contributed by atoms with van der Waals surface area (Å²) in [6.07, 6.45) is 3.99. The fourth-order valence-electron chi connectivity index (χ4n) is 2.58. The summed E-state index contributed by atoms with van der Waals surface area (Å²) in [5, 5.41) is 14.2. The molecule has 1 fully saturated rings. The monoisotopic (exact) mass is 253 g/mol. The lowest BCUT2D eigenvalue weighted by atomic mass is 9.98. The second-order valence-corrected chi connectivity index (χ2v) is 5.80. The summed E-state index contributed by atoms with van der Waals surface area (Å²) < 4.78 is 0. The number of nitrogens with one attached hydrogen (secondary N) is 1. The van der Waals surface area contributed by atoms with E-state index in [0.29, 0.717) is 11.4 Å². The Morgan fingerprint density at radius 3 is 3.06 bits per heavy atom. The third-order valence-electron chi connectivity index (χ3n) is 3.70. The highest BCUT2D eigenvalue weighted by Gasteiger charge is 2.22. The molecule has 0 aromatic carbocycles. The second-order valence-electron chi connectivity index (χ2n) is 4.88. The van der Waals surface area contributed by atoms with E-state index in [0.717, 1.165) is 23.9 Å². The number of carbonyl (C=O) groups is 1. The van der Waals surface area contributed by atoms with Gasteiger partial charge in [-0.3, -0.25) is 0 Å². The molecule has 1 aromatic heterocycles. The molecule has 0 amide bonds. The number of carboxylic acid groups (broad SMARTS) is 1. The van der Waals surface area contributed by atoms with E-state index in [-0.39, 0.29) is 0 Å². The van der Waals surface area contributed by atoms with Gasteiger partial charge in [0.05, 0.1) is 0 Å². The van der Waals surface area contributed by atoms with Gasteiger partial charge < -0.3 is 10.4 Å². The lowest BCUT2D eigenvalue weighted by Gasteiger charge is -2.15. The molecular formula is C13H19NO2S. The minimum atomic E-state index is -0.814. The number of carboxylic acids is 1. The Labute approximate surface area is 106 Å². The highest BCUT2D eigenvalue weighted by Crippen LogP contribution is 2.30. The molecule has 1 saturated carbocycles. The zero-order valence-electron chi connectivity index (χ0n) is 10.1. The summed E-state index contributed by atoms with van der Waals surface area (Å²) in [5.74, 6) is 0.761. The van der Waals surface area contributed by atoms with Crippen molar-refractivity contribution in [1.29, 1.82) is 0 Å². The van der Waals surface area contributed by atoms with Crippen LogP contribution in [-0.2, 0) is 6.54 Å². The van der Waals surface area contributed by atoms with Gasteiger partial charge in [-0.25, -0.2) is 4.79 Å². The third kappa shape index (κ3) is 3.07. The largest absolute Gasteiger partial charge is 0.477 e. The molecular weight excluding hydrogens is 234 g/mol. The Balaban J connectivity index is 1.81. The van der Waals surface area contributed by atoms with Crippen molar-refractivity contribution in [2.75, 3.05) is 6.54 Å². The SMILES string of the molecule is CC1CCCC1CNCc1ccsc1C(=O)O. The number of hydrogen-bond acceptors (Lipinski definition) is 3. The van der Waals surface area contributed by atoms with Crippen LogP contribution >= 0.6 is 11.3 Å². The molecule has 4 heteroatoms. The first-order valence-corrected chi connectivity index (χ1v) is 7.07. The van der Waals surface area contributed by atoms with Crippen LogP contribution in [0.4, 0.5) is 0 Å². The van der Waals surface area contributed by atoms with Crippen molar-refractivity contribution in [2.24, 2.45) is 11.8 Å². The molecule has 0 radical (unpaired) electrons. The van der Waals surface area contributed by atoms with Crippen LogP contribution in [0, 0.1) is 11.8 Å². The molecule has 1 aliphatic rings. The Morgan fingerprint density at radius 1 is 1.59 bits per heavy atom. The first kappa shape index (κ1) is 12.6. The number of hydrogen-bond donors (Lipinski definition) is 2. The summed E-state index contributed by atoms with van der Waals surface area (Å²) in [6.45, 7) is 4.00. The molecule has 0 saturated heterocycles. The molecule has 2 unspecified atom stereocenters. The van der Waals surface area contributed by atoms with E-state index in [2.05, 4.69) is 12.2 Å². The molecule has 0 aliphatic heterocycles. The molecule has 1 heterocycles. The molecule has 2 N–H and O–H groups in total. The van der Waals surface area contributed by atoms with Gasteiger partial charge in [-0.1, -0.05) is 19.8 Å². The average molecular weight is 253 g/mol. The van der Waals surface area contributed by atoms with Crippen molar-refractivity contribution in [3.8, 4) is 0 Å². The minimum absolute atomic E-state index is 0.469. The van der Waals surface area contributed by atoms with Crippen LogP contribution in [0.15, 0.2) is 11.4 Å². The van der Waals surface area contributed by atoms with E-state index < -0.39 is 5.97 Å². The van der Waals surface area contributed by atoms with Crippen LogP contribution in [-0.4, -0.2) is 17.6 Å². The van der Waals surface area contributed by atoms with Gasteiger partial charge in [-0.15, -0.1) is 11.3 Å². The van der Waals surface area contributed by atoms with Gasteiger partial charge in [0.2, 0.25) is 0 Å². The maximum Gasteiger partial charge on any atom is 0.346 e. The van der Waals surface area contributed by atoms with Gasteiger partial charge >= 0.3 is 5.97 Å². The van der Waals surface area contributed by atoms with Crippen molar-refractivity contribution in [3.63, 3.8) is 0 Å². The quantitative estimate of drug-likeness (QED) is 0.848. The fraction of sp³-hybridized carbons (Fsp3) is 0.615. The number of aromatic carboxylic acids is 1. The predicted octanol–water partition coefficient (Wildman–Crippen LogP) is 2.97. The molecule has 0 bridgehead atoms. The maximum absolute atomic E-state index is 10.9. The van der Waals surface area contributed by atoms with E-state index in [1.165, 1.54) is 30.6 Å². The summed E-state index contributed by atoms with van der Waals surface area (Å²) >= 11 is 1.30. The van der Waals surface area contributed by atoms with E-state index in [1.54, 1.807) is 0 Å². The van der Waals surface area contributed by atoms with Gasteiger partial charge in [0.1, 0.15) is 4.88 Å². The third-order valence-corrected chi connectivity index (χ3v) is 4.65. The summed E-state index contributed by atoms with van der Waals surface area (Å²) in [4.78, 5) is 11.4. The minimum Gasteiger partial charge on any atom is -0.477 e. The molecule has 1 aliphatic carbocycles. The molecule has 0 spiro atoms. The van der Waals surface area contributed by atoms with Crippen molar-refractivity contribution >= 4 is 17.3 Å². The topological polar surface area (TPSA) is 49.3 Å². The Morgan fingerprint density at radius 2 is 2.41 bits per heavy atom. The van der Waals surface area contributed by atoms with Gasteiger partial charge in [0.25, 0.3) is 0 Å². The molecule has 3 nitrogen and oxygen atoms in total. The Hall–Kier alpha value is -0.870. The summed E-state index contributed by atoms with van der Waals surface area (Å²) in [5.41, 5.74) is 0.910. The first-order valence-electron chi connectivity index (χ1n) is 6.19.